The summed E-state index contributed by atoms with van der Waals surface area (Å²) in [5.41, 5.74) is 1.61. The van der Waals surface area contributed by atoms with Crippen molar-refractivity contribution >= 4 is 5.91 Å². The molecular formula is C16H20N2O2. The highest BCUT2D eigenvalue weighted by Crippen LogP contribution is 2.11. The van der Waals surface area contributed by atoms with Gasteiger partial charge in [-0.1, -0.05) is 13.0 Å². The van der Waals surface area contributed by atoms with Crippen LogP contribution in [0.15, 0.2) is 48.8 Å². The Morgan fingerprint density at radius 1 is 1.30 bits per heavy atom. The van der Waals surface area contributed by atoms with Crippen molar-refractivity contribution in [1.82, 2.24) is 9.88 Å². The molecular weight excluding hydrogens is 252 g/mol. The summed E-state index contributed by atoms with van der Waals surface area (Å²) in [4.78, 5) is 12.1. The average molecular weight is 272 g/mol. The predicted molar refractivity (Wildman–Crippen MR) is 79.0 cm³/mol. The molecule has 1 atom stereocenters. The molecule has 20 heavy (non-hydrogen) atoms. The SMILES string of the molecule is CC(CCO)CNC(=O)c1cccc(-n2cccc2)c1. The smallest absolute Gasteiger partial charge is 0.251 e. The fourth-order valence-electron chi connectivity index (χ4n) is 2.01. The highest BCUT2D eigenvalue weighted by molar-refractivity contribution is 5.94. The molecule has 0 saturated carbocycles. The van der Waals surface area contributed by atoms with Gasteiger partial charge in [0.05, 0.1) is 0 Å². The maximum Gasteiger partial charge on any atom is 0.251 e. The molecule has 0 fully saturated rings. The lowest BCUT2D eigenvalue weighted by atomic mass is 10.1. The predicted octanol–water partition coefficient (Wildman–Crippen LogP) is 2.23. The fourth-order valence-corrected chi connectivity index (χ4v) is 2.01. The lowest BCUT2D eigenvalue weighted by molar-refractivity contribution is 0.0945. The van der Waals surface area contributed by atoms with Gasteiger partial charge in [-0.15, -0.1) is 0 Å². The molecule has 2 aromatic rings. The number of aliphatic hydroxyl groups is 1. The van der Waals surface area contributed by atoms with Gasteiger partial charge in [0.1, 0.15) is 0 Å². The van der Waals surface area contributed by atoms with Gasteiger partial charge in [-0.3, -0.25) is 4.79 Å². The molecule has 0 bridgehead atoms. The zero-order valence-corrected chi connectivity index (χ0v) is 11.6. The number of amides is 1. The van der Waals surface area contributed by atoms with Gasteiger partial charge < -0.3 is 15.0 Å². The Morgan fingerprint density at radius 2 is 2.05 bits per heavy atom. The monoisotopic (exact) mass is 272 g/mol. The molecule has 0 aliphatic heterocycles. The van der Waals surface area contributed by atoms with Crippen LogP contribution in [0.4, 0.5) is 0 Å². The minimum Gasteiger partial charge on any atom is -0.396 e. The summed E-state index contributed by atoms with van der Waals surface area (Å²) in [6, 6.07) is 11.4. The van der Waals surface area contributed by atoms with Gasteiger partial charge in [-0.2, -0.15) is 0 Å². The number of rotatable bonds is 6. The second-order valence-corrected chi connectivity index (χ2v) is 4.97. The first-order valence-corrected chi connectivity index (χ1v) is 6.83. The molecule has 106 valence electrons. The van der Waals surface area contributed by atoms with Crippen LogP contribution in [-0.2, 0) is 0 Å². The molecule has 1 amide bonds. The number of benzene rings is 1. The van der Waals surface area contributed by atoms with Gasteiger partial charge in [-0.05, 0) is 42.7 Å². The average Bonchev–Trinajstić information content (AvgIpc) is 2.99. The molecule has 0 spiro atoms. The van der Waals surface area contributed by atoms with Gasteiger partial charge in [0.25, 0.3) is 5.91 Å². The summed E-state index contributed by atoms with van der Waals surface area (Å²) in [5.74, 6) is 0.195. The highest BCUT2D eigenvalue weighted by atomic mass is 16.3. The first kappa shape index (κ1) is 14.3. The number of hydrogen-bond acceptors (Lipinski definition) is 2. The second-order valence-electron chi connectivity index (χ2n) is 4.97. The molecule has 0 aliphatic carbocycles. The van der Waals surface area contributed by atoms with Crippen molar-refractivity contribution in [2.45, 2.75) is 13.3 Å². The molecule has 2 rings (SSSR count). The van der Waals surface area contributed by atoms with Crippen LogP contribution in [0.2, 0.25) is 0 Å². The van der Waals surface area contributed by atoms with Crippen LogP contribution in [0.3, 0.4) is 0 Å². The largest absolute Gasteiger partial charge is 0.396 e. The zero-order chi connectivity index (χ0) is 14.4. The summed E-state index contributed by atoms with van der Waals surface area (Å²) >= 11 is 0. The molecule has 1 aromatic carbocycles. The van der Waals surface area contributed by atoms with E-state index in [1.807, 2.05) is 54.2 Å². The Kier molecular flexibility index (Phi) is 4.96. The van der Waals surface area contributed by atoms with E-state index < -0.39 is 0 Å². The summed E-state index contributed by atoms with van der Waals surface area (Å²) < 4.78 is 1.96. The minimum atomic E-state index is -0.0798. The van der Waals surface area contributed by atoms with Crippen molar-refractivity contribution < 1.29 is 9.90 Å². The Labute approximate surface area is 119 Å². The van der Waals surface area contributed by atoms with Crippen molar-refractivity contribution in [3.63, 3.8) is 0 Å². The van der Waals surface area contributed by atoms with Crippen LogP contribution in [0.25, 0.3) is 5.69 Å². The standard InChI is InChI=1S/C16H20N2O2/c1-13(7-10-19)12-17-16(20)14-5-4-6-15(11-14)18-8-2-3-9-18/h2-6,8-9,11,13,19H,7,10,12H2,1H3,(H,17,20). The molecule has 0 aliphatic rings. The van der Waals surface area contributed by atoms with Crippen molar-refractivity contribution in [2.24, 2.45) is 5.92 Å². The van der Waals surface area contributed by atoms with E-state index in [0.29, 0.717) is 18.5 Å². The van der Waals surface area contributed by atoms with E-state index in [1.165, 1.54) is 0 Å². The lowest BCUT2D eigenvalue weighted by Crippen LogP contribution is -2.28. The number of carbonyl (C=O) groups excluding carboxylic acids is 1. The maximum atomic E-state index is 12.1. The zero-order valence-electron chi connectivity index (χ0n) is 11.6. The maximum absolute atomic E-state index is 12.1. The van der Waals surface area contributed by atoms with Gasteiger partial charge in [0, 0.05) is 36.8 Å². The number of carbonyl (C=O) groups is 1. The van der Waals surface area contributed by atoms with E-state index >= 15 is 0 Å². The van der Waals surface area contributed by atoms with Crippen molar-refractivity contribution in [2.75, 3.05) is 13.2 Å². The molecule has 1 unspecified atom stereocenters. The number of nitrogens with one attached hydrogen (secondary N) is 1. The number of aromatic nitrogens is 1. The van der Waals surface area contributed by atoms with Crippen molar-refractivity contribution in [3.05, 3.63) is 54.4 Å². The number of hydrogen-bond donors (Lipinski definition) is 2. The molecule has 0 radical (unpaired) electrons. The van der Waals surface area contributed by atoms with E-state index in [-0.39, 0.29) is 18.4 Å². The number of aliphatic hydroxyl groups excluding tert-OH is 1. The second kappa shape index (κ2) is 6.91. The Balaban J connectivity index is 2.02. The summed E-state index contributed by atoms with van der Waals surface area (Å²) in [5, 5.41) is 11.7. The fraction of sp³-hybridized carbons (Fsp3) is 0.312. The molecule has 4 heteroatoms. The van der Waals surface area contributed by atoms with Crippen molar-refractivity contribution in [1.29, 1.82) is 0 Å². The van der Waals surface area contributed by atoms with Gasteiger partial charge >= 0.3 is 0 Å². The van der Waals surface area contributed by atoms with E-state index in [2.05, 4.69) is 5.32 Å². The van der Waals surface area contributed by atoms with Gasteiger partial charge in [0.2, 0.25) is 0 Å². The summed E-state index contributed by atoms with van der Waals surface area (Å²) in [6.07, 6.45) is 4.59. The third-order valence-corrected chi connectivity index (χ3v) is 3.24. The highest BCUT2D eigenvalue weighted by Gasteiger charge is 2.08. The topological polar surface area (TPSA) is 54.3 Å². The molecule has 0 saturated heterocycles. The van der Waals surface area contributed by atoms with Gasteiger partial charge in [0.15, 0.2) is 0 Å². The van der Waals surface area contributed by atoms with Gasteiger partial charge in [-0.25, -0.2) is 0 Å². The molecule has 2 N–H and O–H groups in total. The van der Waals surface area contributed by atoms with Crippen LogP contribution in [0, 0.1) is 5.92 Å². The quantitative estimate of drug-likeness (QED) is 0.847. The summed E-state index contributed by atoms with van der Waals surface area (Å²) in [7, 11) is 0. The Bertz CT molecular complexity index is 549. The van der Waals surface area contributed by atoms with Crippen LogP contribution in [0.1, 0.15) is 23.7 Å². The molecule has 1 aromatic heterocycles. The molecule has 4 nitrogen and oxygen atoms in total. The Morgan fingerprint density at radius 3 is 2.75 bits per heavy atom. The van der Waals surface area contributed by atoms with Crippen LogP contribution < -0.4 is 5.32 Å². The third kappa shape index (κ3) is 3.71. The van der Waals surface area contributed by atoms with Crippen LogP contribution >= 0.6 is 0 Å². The molecule has 1 heterocycles. The van der Waals surface area contributed by atoms with E-state index in [1.54, 1.807) is 6.07 Å². The first-order chi connectivity index (χ1) is 9.70. The lowest BCUT2D eigenvalue weighted by Gasteiger charge is -2.12. The van der Waals surface area contributed by atoms with E-state index in [9.17, 15) is 4.79 Å². The Hall–Kier alpha value is -2.07. The van der Waals surface area contributed by atoms with Crippen LogP contribution in [0.5, 0.6) is 0 Å². The van der Waals surface area contributed by atoms with Crippen molar-refractivity contribution in [3.8, 4) is 5.69 Å². The third-order valence-electron chi connectivity index (χ3n) is 3.24. The minimum absolute atomic E-state index is 0.0798. The normalized spacial score (nSPS) is 12.1. The van der Waals surface area contributed by atoms with Crippen LogP contribution in [-0.4, -0.2) is 28.7 Å². The first-order valence-electron chi connectivity index (χ1n) is 6.83. The van der Waals surface area contributed by atoms with E-state index in [4.69, 9.17) is 5.11 Å². The summed E-state index contributed by atoms with van der Waals surface area (Å²) in [6.45, 7) is 2.74. The number of nitrogens with zero attached hydrogens (tertiary/aromatic N) is 1. The van der Waals surface area contributed by atoms with E-state index in [0.717, 1.165) is 5.69 Å².